The molecule has 1 spiro atoms. The lowest BCUT2D eigenvalue weighted by molar-refractivity contribution is 0.0793. The first-order chi connectivity index (χ1) is 13.9. The normalized spacial score (nSPS) is 17.2. The summed E-state index contributed by atoms with van der Waals surface area (Å²) in [6, 6.07) is 21.6. The molecule has 2 aliphatic rings. The van der Waals surface area contributed by atoms with Crippen molar-refractivity contribution in [1.29, 1.82) is 0 Å². The van der Waals surface area contributed by atoms with E-state index in [0.717, 1.165) is 11.1 Å². The lowest BCUT2D eigenvalue weighted by atomic mass is 9.66. The summed E-state index contributed by atoms with van der Waals surface area (Å²) in [6.45, 7) is 3.65. The Morgan fingerprint density at radius 3 is 2.07 bits per heavy atom. The van der Waals surface area contributed by atoms with Crippen molar-refractivity contribution in [1.82, 2.24) is 0 Å². The van der Waals surface area contributed by atoms with Crippen LogP contribution in [0, 0.1) is 0 Å². The minimum atomic E-state index is -1.01. The second-order valence-corrected chi connectivity index (χ2v) is 9.55. The number of halogens is 1. The fourth-order valence-electron chi connectivity index (χ4n) is 5.83. The number of aliphatic hydroxyl groups is 1. The molecule has 0 aliphatic heterocycles. The molecule has 3 aromatic carbocycles. The van der Waals surface area contributed by atoms with Gasteiger partial charge in [-0.05, 0) is 66.1 Å². The zero-order valence-corrected chi connectivity index (χ0v) is 17.9. The van der Waals surface area contributed by atoms with E-state index in [4.69, 9.17) is 11.6 Å². The lowest BCUT2D eigenvalue weighted by Crippen LogP contribution is -2.29. The Morgan fingerprint density at radius 1 is 0.759 bits per heavy atom. The average Bonchev–Trinajstić information content (AvgIpc) is 2.98. The summed E-state index contributed by atoms with van der Waals surface area (Å²) in [5, 5.41) is 11.6. The Bertz CT molecular complexity index is 1080. The molecule has 0 bridgehead atoms. The van der Waals surface area contributed by atoms with Gasteiger partial charge >= 0.3 is 0 Å². The highest BCUT2D eigenvalue weighted by atomic mass is 35.5. The van der Waals surface area contributed by atoms with Crippen molar-refractivity contribution < 1.29 is 5.11 Å². The third kappa shape index (κ3) is 2.79. The van der Waals surface area contributed by atoms with Gasteiger partial charge in [-0.25, -0.2) is 0 Å². The van der Waals surface area contributed by atoms with Gasteiger partial charge in [0.15, 0.2) is 0 Å². The highest BCUT2D eigenvalue weighted by molar-refractivity contribution is 6.32. The summed E-state index contributed by atoms with van der Waals surface area (Å²) >= 11 is 6.62. The molecule has 0 unspecified atom stereocenters. The first-order valence-corrected chi connectivity index (χ1v) is 11.1. The summed E-state index contributed by atoms with van der Waals surface area (Å²) in [5.74, 6) is 0. The maximum absolute atomic E-state index is 11.0. The summed E-state index contributed by atoms with van der Waals surface area (Å²) in [5.41, 5.74) is 7.79. The lowest BCUT2D eigenvalue weighted by Gasteiger charge is -2.37. The number of hydrogen-bond donors (Lipinski definition) is 1. The van der Waals surface area contributed by atoms with Crippen molar-refractivity contribution in [3.63, 3.8) is 0 Å². The van der Waals surface area contributed by atoms with Gasteiger partial charge in [-0.3, -0.25) is 0 Å². The van der Waals surface area contributed by atoms with Crippen LogP contribution in [-0.4, -0.2) is 5.11 Å². The summed E-state index contributed by atoms with van der Waals surface area (Å²) in [7, 11) is 0. The zero-order valence-electron chi connectivity index (χ0n) is 17.1. The topological polar surface area (TPSA) is 20.2 Å². The molecule has 0 amide bonds. The van der Waals surface area contributed by atoms with Crippen molar-refractivity contribution in [2.45, 2.75) is 57.0 Å². The summed E-state index contributed by atoms with van der Waals surface area (Å²) in [6.07, 6.45) is 6.21. The SMILES string of the molecule is CC(C)(O)c1c(Cl)cccc1-c1cccc2c1C1(CCCCC1)c1ccccc1-2. The van der Waals surface area contributed by atoms with Crippen molar-refractivity contribution in [3.8, 4) is 22.3 Å². The van der Waals surface area contributed by atoms with Crippen LogP contribution in [-0.2, 0) is 11.0 Å². The van der Waals surface area contributed by atoms with Crippen molar-refractivity contribution >= 4 is 11.6 Å². The van der Waals surface area contributed by atoms with Crippen molar-refractivity contribution in [2.24, 2.45) is 0 Å². The Balaban J connectivity index is 1.85. The van der Waals surface area contributed by atoms with Gasteiger partial charge in [0.25, 0.3) is 0 Å². The molecule has 2 aliphatic carbocycles. The molecule has 3 aromatic rings. The van der Waals surface area contributed by atoms with Gasteiger partial charge in [0.2, 0.25) is 0 Å². The molecule has 0 heterocycles. The first kappa shape index (κ1) is 18.9. The third-order valence-electron chi connectivity index (χ3n) is 6.90. The summed E-state index contributed by atoms with van der Waals surface area (Å²) < 4.78 is 0. The molecule has 5 rings (SSSR count). The van der Waals surface area contributed by atoms with E-state index in [9.17, 15) is 5.11 Å². The molecule has 0 atom stereocenters. The number of rotatable bonds is 2. The second-order valence-electron chi connectivity index (χ2n) is 9.14. The second kappa shape index (κ2) is 6.72. The van der Waals surface area contributed by atoms with Gasteiger partial charge in [-0.2, -0.15) is 0 Å². The van der Waals surface area contributed by atoms with Gasteiger partial charge in [-0.15, -0.1) is 0 Å². The molecule has 1 nitrogen and oxygen atoms in total. The molecular formula is C27H27ClO. The van der Waals surface area contributed by atoms with E-state index in [1.165, 1.54) is 59.9 Å². The van der Waals surface area contributed by atoms with Crippen molar-refractivity contribution in [2.75, 3.05) is 0 Å². The summed E-state index contributed by atoms with van der Waals surface area (Å²) in [4.78, 5) is 0. The Labute approximate surface area is 178 Å². The van der Waals surface area contributed by atoms with Crippen molar-refractivity contribution in [3.05, 3.63) is 82.4 Å². The van der Waals surface area contributed by atoms with Crippen LogP contribution in [0.15, 0.2) is 60.7 Å². The maximum Gasteiger partial charge on any atom is 0.0860 e. The van der Waals surface area contributed by atoms with Crippen LogP contribution >= 0.6 is 11.6 Å². The van der Waals surface area contributed by atoms with E-state index < -0.39 is 5.60 Å². The monoisotopic (exact) mass is 402 g/mol. The van der Waals surface area contributed by atoms with Crippen LogP contribution in [0.5, 0.6) is 0 Å². The Hall–Kier alpha value is -2.09. The molecule has 2 heteroatoms. The van der Waals surface area contributed by atoms with Crippen LogP contribution in [0.25, 0.3) is 22.3 Å². The molecule has 0 aromatic heterocycles. The minimum Gasteiger partial charge on any atom is -0.386 e. The third-order valence-corrected chi connectivity index (χ3v) is 7.21. The van der Waals surface area contributed by atoms with Gasteiger partial charge in [0.1, 0.15) is 0 Å². The van der Waals surface area contributed by atoms with Crippen LogP contribution in [0.3, 0.4) is 0 Å². The van der Waals surface area contributed by atoms with E-state index in [1.54, 1.807) is 0 Å². The van der Waals surface area contributed by atoms with Crippen LogP contribution in [0.4, 0.5) is 0 Å². The minimum absolute atomic E-state index is 0.0694. The fraction of sp³-hybridized carbons (Fsp3) is 0.333. The van der Waals surface area contributed by atoms with Crippen LogP contribution < -0.4 is 0 Å². The largest absolute Gasteiger partial charge is 0.386 e. The maximum atomic E-state index is 11.0. The predicted molar refractivity (Wildman–Crippen MR) is 121 cm³/mol. The zero-order chi connectivity index (χ0) is 20.2. The predicted octanol–water partition coefficient (Wildman–Crippen LogP) is 7.47. The molecule has 1 saturated carbocycles. The van der Waals surface area contributed by atoms with Gasteiger partial charge in [0, 0.05) is 16.0 Å². The van der Waals surface area contributed by atoms with E-state index in [-0.39, 0.29) is 5.41 Å². The molecule has 29 heavy (non-hydrogen) atoms. The molecule has 0 saturated heterocycles. The van der Waals surface area contributed by atoms with E-state index >= 15 is 0 Å². The van der Waals surface area contributed by atoms with Gasteiger partial charge in [0.05, 0.1) is 5.60 Å². The number of fused-ring (bicyclic) bond motifs is 5. The molecule has 148 valence electrons. The average molecular weight is 403 g/mol. The van der Waals surface area contributed by atoms with Gasteiger partial charge in [-0.1, -0.05) is 85.5 Å². The smallest absolute Gasteiger partial charge is 0.0860 e. The van der Waals surface area contributed by atoms with Crippen LogP contribution in [0.2, 0.25) is 5.02 Å². The highest BCUT2D eigenvalue weighted by Crippen LogP contribution is 2.58. The number of hydrogen-bond acceptors (Lipinski definition) is 1. The molecular weight excluding hydrogens is 376 g/mol. The first-order valence-electron chi connectivity index (χ1n) is 10.7. The molecule has 1 N–H and O–H groups in total. The fourth-order valence-corrected chi connectivity index (χ4v) is 6.24. The van der Waals surface area contributed by atoms with Gasteiger partial charge < -0.3 is 5.11 Å². The Kier molecular flexibility index (Phi) is 4.38. The van der Waals surface area contributed by atoms with E-state index in [1.807, 2.05) is 26.0 Å². The number of benzene rings is 3. The molecule has 0 radical (unpaired) electrons. The quantitative estimate of drug-likeness (QED) is 0.471. The Morgan fingerprint density at radius 2 is 1.34 bits per heavy atom. The molecule has 1 fully saturated rings. The van der Waals surface area contributed by atoms with E-state index in [2.05, 4.69) is 48.5 Å². The van der Waals surface area contributed by atoms with E-state index in [0.29, 0.717) is 5.02 Å². The highest BCUT2D eigenvalue weighted by Gasteiger charge is 2.45. The standard InChI is InChI=1S/C27H27ClO/c1-26(2,29)25-21(13-9-15-23(25)28)20-12-8-11-19-18-10-4-5-14-22(18)27(24(19)20)16-6-3-7-17-27/h4-5,8-15,29H,3,6-7,16-17H2,1-2H3. The van der Waals surface area contributed by atoms with Crippen LogP contribution in [0.1, 0.15) is 62.6 Å².